The largest absolute Gasteiger partial charge is 0.496 e. The molecular weight excluding hydrogens is 376 g/mol. The molecule has 2 heterocycles. The summed E-state index contributed by atoms with van der Waals surface area (Å²) in [5.74, 6) is 2.42. The molecule has 0 saturated heterocycles. The Balaban J connectivity index is 1.54. The lowest BCUT2D eigenvalue weighted by molar-refractivity contribution is 0.314. The maximum Gasteiger partial charge on any atom is 0.142 e. The topological polar surface area (TPSA) is 70.5 Å². The molecular formula is C25H26N2O3. The van der Waals surface area contributed by atoms with Gasteiger partial charge in [0.25, 0.3) is 0 Å². The molecule has 0 unspecified atom stereocenters. The van der Waals surface area contributed by atoms with Crippen LogP contribution in [0.3, 0.4) is 0 Å². The van der Waals surface area contributed by atoms with E-state index in [0.717, 1.165) is 63.5 Å². The van der Waals surface area contributed by atoms with E-state index in [0.29, 0.717) is 13.2 Å². The highest BCUT2D eigenvalue weighted by Gasteiger charge is 2.18. The molecule has 0 fully saturated rings. The smallest absolute Gasteiger partial charge is 0.142 e. The molecule has 154 valence electrons. The number of hydrogen-bond donors (Lipinski definition) is 1. The quantitative estimate of drug-likeness (QED) is 0.406. The van der Waals surface area contributed by atoms with Crippen LogP contribution < -0.4 is 15.2 Å². The van der Waals surface area contributed by atoms with Crippen LogP contribution in [-0.2, 0) is 13.0 Å². The fourth-order valence-electron chi connectivity index (χ4n) is 3.78. The Kier molecular flexibility index (Phi) is 6.00. The zero-order valence-corrected chi connectivity index (χ0v) is 17.4. The summed E-state index contributed by atoms with van der Waals surface area (Å²) in [7, 11) is 1.67. The molecule has 0 aliphatic carbocycles. The average Bonchev–Trinajstić information content (AvgIpc) is 3.14. The van der Waals surface area contributed by atoms with Crippen LogP contribution in [-0.4, -0.2) is 18.7 Å². The van der Waals surface area contributed by atoms with E-state index in [1.807, 2.05) is 60.8 Å². The highest BCUT2D eigenvalue weighted by Crippen LogP contribution is 2.40. The maximum absolute atomic E-state index is 6.19. The standard InChI is InChI=1S/C25H26N2O3/c1-17-24-22(29-15-7-10-20-18(16-26)8-6-14-27-20)12-5-13-23(24)30-25(17)19-9-3-4-11-21(19)28-2/h3-6,8-9,11-14H,7,10,15-16,26H2,1-2H3. The molecule has 0 aliphatic heterocycles. The lowest BCUT2D eigenvalue weighted by Crippen LogP contribution is -2.06. The second-order valence-corrected chi connectivity index (χ2v) is 7.15. The van der Waals surface area contributed by atoms with Crippen molar-refractivity contribution in [2.45, 2.75) is 26.3 Å². The zero-order chi connectivity index (χ0) is 20.9. The van der Waals surface area contributed by atoms with Crippen molar-refractivity contribution in [3.63, 3.8) is 0 Å². The van der Waals surface area contributed by atoms with Gasteiger partial charge in [-0.3, -0.25) is 4.98 Å². The van der Waals surface area contributed by atoms with Crippen molar-refractivity contribution in [1.29, 1.82) is 0 Å². The molecule has 5 heteroatoms. The number of methoxy groups -OCH3 is 1. The molecule has 2 aromatic carbocycles. The maximum atomic E-state index is 6.19. The summed E-state index contributed by atoms with van der Waals surface area (Å²) < 4.78 is 17.9. The van der Waals surface area contributed by atoms with E-state index in [-0.39, 0.29) is 0 Å². The Labute approximate surface area is 176 Å². The highest BCUT2D eigenvalue weighted by atomic mass is 16.5. The van der Waals surface area contributed by atoms with Crippen molar-refractivity contribution in [2.24, 2.45) is 5.73 Å². The van der Waals surface area contributed by atoms with Gasteiger partial charge in [-0.2, -0.15) is 0 Å². The second-order valence-electron chi connectivity index (χ2n) is 7.15. The lowest BCUT2D eigenvalue weighted by atomic mass is 10.1. The normalized spacial score (nSPS) is 11.0. The number of rotatable bonds is 8. The van der Waals surface area contributed by atoms with Gasteiger partial charge in [-0.15, -0.1) is 0 Å². The minimum absolute atomic E-state index is 0.503. The first-order chi connectivity index (χ1) is 14.7. The number of pyridine rings is 1. The number of benzene rings is 2. The van der Waals surface area contributed by atoms with E-state index in [2.05, 4.69) is 11.9 Å². The van der Waals surface area contributed by atoms with Gasteiger partial charge in [-0.05, 0) is 55.7 Å². The van der Waals surface area contributed by atoms with Gasteiger partial charge in [0, 0.05) is 24.0 Å². The summed E-state index contributed by atoms with van der Waals surface area (Å²) in [6.07, 6.45) is 3.50. The molecule has 4 rings (SSSR count). The van der Waals surface area contributed by atoms with Gasteiger partial charge in [-0.25, -0.2) is 0 Å². The average molecular weight is 402 g/mol. The van der Waals surface area contributed by atoms with Crippen molar-refractivity contribution >= 4 is 11.0 Å². The number of nitrogens with two attached hydrogens (primary N) is 1. The monoisotopic (exact) mass is 402 g/mol. The Morgan fingerprint density at radius 2 is 1.83 bits per heavy atom. The first-order valence-electron chi connectivity index (χ1n) is 10.1. The van der Waals surface area contributed by atoms with Crippen LogP contribution in [0.2, 0.25) is 0 Å². The van der Waals surface area contributed by atoms with Crippen molar-refractivity contribution < 1.29 is 13.9 Å². The molecule has 5 nitrogen and oxygen atoms in total. The van der Waals surface area contributed by atoms with Crippen LogP contribution in [0.1, 0.15) is 23.2 Å². The van der Waals surface area contributed by atoms with Crippen LogP contribution in [0, 0.1) is 6.92 Å². The first-order valence-corrected chi connectivity index (χ1v) is 10.1. The van der Waals surface area contributed by atoms with Gasteiger partial charge >= 0.3 is 0 Å². The minimum atomic E-state index is 0.503. The second kappa shape index (κ2) is 9.01. The van der Waals surface area contributed by atoms with Gasteiger partial charge in [0.2, 0.25) is 0 Å². The third-order valence-electron chi connectivity index (χ3n) is 5.29. The summed E-state index contributed by atoms with van der Waals surface area (Å²) >= 11 is 0. The molecule has 0 spiro atoms. The van der Waals surface area contributed by atoms with Gasteiger partial charge < -0.3 is 19.6 Å². The number of aryl methyl sites for hydroxylation is 2. The van der Waals surface area contributed by atoms with Gasteiger partial charge in [0.15, 0.2) is 0 Å². The van der Waals surface area contributed by atoms with Crippen molar-refractivity contribution in [2.75, 3.05) is 13.7 Å². The molecule has 0 aliphatic rings. The lowest BCUT2D eigenvalue weighted by Gasteiger charge is -2.09. The molecule has 0 bridgehead atoms. The third-order valence-corrected chi connectivity index (χ3v) is 5.29. The Morgan fingerprint density at radius 3 is 2.67 bits per heavy atom. The van der Waals surface area contributed by atoms with Crippen LogP contribution in [0.4, 0.5) is 0 Å². The van der Waals surface area contributed by atoms with Crippen LogP contribution in [0.5, 0.6) is 11.5 Å². The van der Waals surface area contributed by atoms with Crippen molar-refractivity contribution in [3.8, 4) is 22.8 Å². The molecule has 0 saturated carbocycles. The molecule has 4 aromatic rings. The summed E-state index contributed by atoms with van der Waals surface area (Å²) in [6.45, 7) is 3.15. The van der Waals surface area contributed by atoms with Crippen LogP contribution in [0.25, 0.3) is 22.3 Å². The predicted molar refractivity (Wildman–Crippen MR) is 119 cm³/mol. The number of hydrogen-bond acceptors (Lipinski definition) is 5. The Bertz CT molecular complexity index is 1150. The van der Waals surface area contributed by atoms with E-state index in [1.165, 1.54) is 0 Å². The Morgan fingerprint density at radius 1 is 1.00 bits per heavy atom. The van der Waals surface area contributed by atoms with Gasteiger partial charge in [0.1, 0.15) is 22.8 Å². The van der Waals surface area contributed by atoms with Crippen LogP contribution in [0.15, 0.2) is 65.2 Å². The van der Waals surface area contributed by atoms with Gasteiger partial charge in [0.05, 0.1) is 24.7 Å². The number of para-hydroxylation sites is 1. The summed E-state index contributed by atoms with van der Waals surface area (Å²) in [5.41, 5.74) is 10.7. The van der Waals surface area contributed by atoms with Gasteiger partial charge in [-0.1, -0.05) is 24.3 Å². The minimum Gasteiger partial charge on any atom is -0.496 e. The molecule has 0 atom stereocenters. The number of nitrogens with zero attached hydrogens (tertiary/aromatic N) is 1. The fraction of sp³-hybridized carbons (Fsp3) is 0.240. The molecule has 2 N–H and O–H groups in total. The first kappa shape index (κ1) is 20.0. The van der Waals surface area contributed by atoms with Crippen molar-refractivity contribution in [3.05, 3.63) is 77.6 Å². The number of ether oxygens (including phenoxy) is 2. The van der Waals surface area contributed by atoms with Crippen molar-refractivity contribution in [1.82, 2.24) is 4.98 Å². The SMILES string of the molecule is COc1ccccc1-c1oc2cccc(OCCCc3ncccc3CN)c2c1C. The van der Waals surface area contributed by atoms with E-state index in [4.69, 9.17) is 19.6 Å². The summed E-state index contributed by atoms with van der Waals surface area (Å²) in [4.78, 5) is 4.45. The highest BCUT2D eigenvalue weighted by molar-refractivity contribution is 5.93. The molecule has 0 amide bonds. The van der Waals surface area contributed by atoms with E-state index in [9.17, 15) is 0 Å². The zero-order valence-electron chi connectivity index (χ0n) is 17.4. The molecule has 2 aromatic heterocycles. The van der Waals surface area contributed by atoms with Crippen LogP contribution >= 0.6 is 0 Å². The summed E-state index contributed by atoms with van der Waals surface area (Å²) in [5, 5.41) is 0.999. The molecule has 0 radical (unpaired) electrons. The summed E-state index contributed by atoms with van der Waals surface area (Å²) in [6, 6.07) is 17.7. The van der Waals surface area contributed by atoms with E-state index in [1.54, 1.807) is 7.11 Å². The van der Waals surface area contributed by atoms with E-state index < -0.39 is 0 Å². The Hall–Kier alpha value is -3.31. The number of furan rings is 1. The number of fused-ring (bicyclic) bond motifs is 1. The van der Waals surface area contributed by atoms with E-state index >= 15 is 0 Å². The number of aromatic nitrogens is 1. The predicted octanol–water partition coefficient (Wildman–Crippen LogP) is 5.28. The third kappa shape index (κ3) is 3.89. The molecule has 30 heavy (non-hydrogen) atoms. The fourth-order valence-corrected chi connectivity index (χ4v) is 3.78.